The molecule has 0 radical (unpaired) electrons. The maximum absolute atomic E-state index is 6.42. The molecule has 4 atom stereocenters. The predicted molar refractivity (Wildman–Crippen MR) is 137 cm³/mol. The number of aliphatic imine (C=N–C) groups is 1. The van der Waals surface area contributed by atoms with Gasteiger partial charge >= 0.3 is 0 Å². The summed E-state index contributed by atoms with van der Waals surface area (Å²) in [6.45, 7) is 0.975. The Labute approximate surface area is 203 Å². The molecule has 1 aromatic rings. The lowest BCUT2D eigenvalue weighted by Gasteiger charge is -2.37. The van der Waals surface area contributed by atoms with Crippen molar-refractivity contribution in [2.45, 2.75) is 57.4 Å². The minimum Gasteiger partial charge on any atom is -0.341 e. The first-order valence-electron chi connectivity index (χ1n) is 12.1. The van der Waals surface area contributed by atoms with Crippen molar-refractivity contribution in [2.24, 2.45) is 22.7 Å². The van der Waals surface area contributed by atoms with E-state index in [2.05, 4.69) is 52.5 Å². The molecule has 2 aliphatic carbocycles. The highest BCUT2D eigenvalue weighted by Gasteiger charge is 2.49. The normalized spacial score (nSPS) is 30.0. The maximum atomic E-state index is 6.42. The third-order valence-corrected chi connectivity index (χ3v) is 8.55. The summed E-state index contributed by atoms with van der Waals surface area (Å²) in [6, 6.07) is 8.87. The average Bonchev–Trinajstić information content (AvgIpc) is 3.03. The monoisotopic (exact) mass is 466 g/mol. The summed E-state index contributed by atoms with van der Waals surface area (Å²) < 4.78 is 0. The van der Waals surface area contributed by atoms with E-state index < -0.39 is 0 Å². The van der Waals surface area contributed by atoms with Crippen LogP contribution in [0.3, 0.4) is 0 Å². The first-order chi connectivity index (χ1) is 15.3. The molecular weight excluding hydrogens is 435 g/mol. The second kappa shape index (κ2) is 9.23. The van der Waals surface area contributed by atoms with E-state index in [0.29, 0.717) is 23.8 Å². The molecule has 0 bridgehead atoms. The van der Waals surface area contributed by atoms with Crippen LogP contribution in [0, 0.1) is 17.8 Å². The lowest BCUT2D eigenvalue weighted by molar-refractivity contribution is 0.312. The first-order valence-corrected chi connectivity index (χ1v) is 12.5. The molecule has 3 heterocycles. The molecule has 0 aromatic heterocycles. The van der Waals surface area contributed by atoms with Crippen molar-refractivity contribution in [1.82, 2.24) is 4.90 Å². The van der Waals surface area contributed by atoms with Crippen LogP contribution >= 0.6 is 24.0 Å². The Morgan fingerprint density at radius 1 is 1.09 bits per heavy atom. The van der Waals surface area contributed by atoms with E-state index in [-0.39, 0.29) is 12.4 Å². The summed E-state index contributed by atoms with van der Waals surface area (Å²) in [5.74, 6) is 1.99. The first kappa shape index (κ1) is 22.0. The third-order valence-electron chi connectivity index (χ3n) is 8.18. The van der Waals surface area contributed by atoms with Gasteiger partial charge in [-0.3, -0.25) is 4.99 Å². The van der Waals surface area contributed by atoms with Crippen molar-refractivity contribution < 1.29 is 0 Å². The molecule has 1 saturated heterocycles. The molecule has 2 nitrogen and oxygen atoms in total. The molecule has 3 aliphatic heterocycles. The summed E-state index contributed by atoms with van der Waals surface area (Å²) >= 11 is 6.42. The second-order valence-corrected chi connectivity index (χ2v) is 10.2. The quantitative estimate of drug-likeness (QED) is 0.453. The number of hydrogen-bond acceptors (Lipinski definition) is 2. The molecule has 0 amide bonds. The van der Waals surface area contributed by atoms with Crippen LogP contribution in [-0.4, -0.2) is 23.7 Å². The highest BCUT2D eigenvalue weighted by atomic mass is 35.5. The lowest BCUT2D eigenvalue weighted by Crippen LogP contribution is -2.34. The van der Waals surface area contributed by atoms with Crippen molar-refractivity contribution in [1.29, 1.82) is 0 Å². The van der Waals surface area contributed by atoms with Gasteiger partial charge in [0.05, 0.1) is 6.04 Å². The summed E-state index contributed by atoms with van der Waals surface area (Å²) in [4.78, 5) is 7.46. The van der Waals surface area contributed by atoms with Crippen LogP contribution in [-0.2, 0) is 6.42 Å². The molecule has 0 saturated carbocycles. The van der Waals surface area contributed by atoms with Gasteiger partial charge in [0.2, 0.25) is 0 Å². The smallest absolute Gasteiger partial charge is 0.0585 e. The highest BCUT2D eigenvalue weighted by Crippen LogP contribution is 2.55. The van der Waals surface area contributed by atoms with Crippen LogP contribution < -0.4 is 0 Å². The van der Waals surface area contributed by atoms with Crippen molar-refractivity contribution in [3.8, 4) is 0 Å². The number of halogens is 2. The number of fused-ring (bicyclic) bond motifs is 5. The van der Waals surface area contributed by atoms with Crippen LogP contribution in [0.4, 0.5) is 0 Å². The van der Waals surface area contributed by atoms with Gasteiger partial charge in [-0.15, -0.1) is 12.4 Å². The van der Waals surface area contributed by atoms with E-state index in [1.807, 2.05) is 12.1 Å². The minimum atomic E-state index is 0. The van der Waals surface area contributed by atoms with E-state index in [9.17, 15) is 0 Å². The van der Waals surface area contributed by atoms with E-state index in [4.69, 9.17) is 11.6 Å². The Hall–Kier alpha value is -1.77. The summed E-state index contributed by atoms with van der Waals surface area (Å²) in [6.07, 6.45) is 21.5. The molecule has 1 fully saturated rings. The van der Waals surface area contributed by atoms with Gasteiger partial charge in [0.25, 0.3) is 0 Å². The molecule has 2 unspecified atom stereocenters. The standard InChI is InChI=1S/C28H31ClN2.ClH/c29-25-10-3-1-6-20(25)9-5-8-19-12-15-23-24-18-30-17-16-27(24)31-26-11-4-2-7-21(26)13-14-22(19)28(23)31;/h1-3,6-7,10,13,16-17,19,23-24,26H,4-5,8-9,11-12,14-15,18H2;1H/t19?,23-,24-,26?;/m1./s1. The predicted octanol–water partition coefficient (Wildman–Crippen LogP) is 7.31. The zero-order valence-electron chi connectivity index (χ0n) is 18.6. The van der Waals surface area contributed by atoms with Crippen LogP contribution in [0.1, 0.15) is 50.5 Å². The third kappa shape index (κ3) is 3.70. The largest absolute Gasteiger partial charge is 0.341 e. The van der Waals surface area contributed by atoms with Crippen LogP contribution in [0.15, 0.2) is 76.1 Å². The molecule has 168 valence electrons. The molecule has 0 spiro atoms. The number of allylic oxidation sites excluding steroid dienone is 5. The minimum absolute atomic E-state index is 0. The van der Waals surface area contributed by atoms with Gasteiger partial charge in [0.15, 0.2) is 0 Å². The fourth-order valence-electron chi connectivity index (χ4n) is 6.76. The van der Waals surface area contributed by atoms with Crippen LogP contribution in [0.25, 0.3) is 0 Å². The Bertz CT molecular complexity index is 1030. The van der Waals surface area contributed by atoms with E-state index in [1.54, 1.807) is 22.5 Å². The zero-order valence-corrected chi connectivity index (χ0v) is 20.1. The number of rotatable bonds is 4. The molecule has 4 heteroatoms. The maximum Gasteiger partial charge on any atom is 0.0585 e. The fraction of sp³-hybridized carbons (Fsp3) is 0.464. The van der Waals surface area contributed by atoms with Gasteiger partial charge in [-0.05, 0) is 86.1 Å². The van der Waals surface area contributed by atoms with Gasteiger partial charge in [0.1, 0.15) is 0 Å². The molecule has 1 aromatic carbocycles. The Morgan fingerprint density at radius 3 is 2.91 bits per heavy atom. The Balaban J connectivity index is 0.00000216. The van der Waals surface area contributed by atoms with Gasteiger partial charge in [-0.2, -0.15) is 0 Å². The molecule has 6 rings (SSSR count). The number of hydrogen-bond donors (Lipinski definition) is 0. The van der Waals surface area contributed by atoms with Gasteiger partial charge in [0, 0.05) is 41.0 Å². The molecular formula is C28H32Cl2N2. The van der Waals surface area contributed by atoms with Crippen molar-refractivity contribution in [2.75, 3.05) is 6.54 Å². The fourth-order valence-corrected chi connectivity index (χ4v) is 6.99. The number of dihydropyridines is 1. The lowest BCUT2D eigenvalue weighted by atomic mass is 9.73. The Morgan fingerprint density at radius 2 is 2.00 bits per heavy atom. The summed E-state index contributed by atoms with van der Waals surface area (Å²) in [7, 11) is 0. The van der Waals surface area contributed by atoms with Crippen molar-refractivity contribution >= 4 is 30.2 Å². The average molecular weight is 467 g/mol. The topological polar surface area (TPSA) is 15.6 Å². The van der Waals surface area contributed by atoms with Gasteiger partial charge < -0.3 is 4.90 Å². The SMILES string of the molecule is Cl.Clc1ccccc1CCCC1CC[C@H]2C3=C1CC=C1C=CCCC1N3C1=CC=NC[C@@H]12. The van der Waals surface area contributed by atoms with E-state index in [1.165, 1.54) is 44.1 Å². The Kier molecular flexibility index (Phi) is 6.36. The summed E-state index contributed by atoms with van der Waals surface area (Å²) in [5, 5.41) is 0.918. The number of aryl methyl sites for hydroxylation is 1. The van der Waals surface area contributed by atoms with Crippen molar-refractivity contribution in [3.63, 3.8) is 0 Å². The number of nitrogens with zero attached hydrogens (tertiary/aromatic N) is 2. The van der Waals surface area contributed by atoms with Gasteiger partial charge in [-0.25, -0.2) is 0 Å². The van der Waals surface area contributed by atoms with Crippen LogP contribution in [0.2, 0.25) is 5.02 Å². The van der Waals surface area contributed by atoms with E-state index >= 15 is 0 Å². The van der Waals surface area contributed by atoms with Gasteiger partial charge in [-0.1, -0.05) is 48.0 Å². The zero-order chi connectivity index (χ0) is 20.8. The van der Waals surface area contributed by atoms with E-state index in [0.717, 1.165) is 24.4 Å². The second-order valence-electron chi connectivity index (χ2n) is 9.76. The molecule has 0 N–H and O–H groups in total. The molecule has 5 aliphatic rings. The van der Waals surface area contributed by atoms with Crippen molar-refractivity contribution in [3.05, 3.63) is 81.7 Å². The summed E-state index contributed by atoms with van der Waals surface area (Å²) in [5.41, 5.74) is 7.82. The number of benzene rings is 1. The molecule has 32 heavy (non-hydrogen) atoms. The highest BCUT2D eigenvalue weighted by molar-refractivity contribution is 6.31. The van der Waals surface area contributed by atoms with Crippen LogP contribution in [0.5, 0.6) is 0 Å².